The molecule has 0 bridgehead atoms. The summed E-state index contributed by atoms with van der Waals surface area (Å²) in [5.41, 5.74) is 0. The number of aliphatic hydroxyl groups is 2. The number of nitrogens with one attached hydrogen (secondary N) is 1. The monoisotopic (exact) mass is 1070 g/mol. The quantitative estimate of drug-likeness (QED) is 0.0320. The van der Waals surface area contributed by atoms with Crippen LogP contribution in [-0.4, -0.2) is 47.4 Å². The Kier molecular flexibility index (Phi) is 63.9. The summed E-state index contributed by atoms with van der Waals surface area (Å²) in [4.78, 5) is 24.6. The van der Waals surface area contributed by atoms with Crippen molar-refractivity contribution >= 4 is 11.9 Å². The van der Waals surface area contributed by atoms with Crippen molar-refractivity contribution in [2.75, 3.05) is 13.2 Å². The number of aliphatic hydroxyl groups excluding tert-OH is 2. The number of rotatable bonds is 64. The molecular weight excluding hydrogens is 935 g/mol. The highest BCUT2D eigenvalue weighted by atomic mass is 16.5. The van der Waals surface area contributed by atoms with E-state index in [-0.39, 0.29) is 18.5 Å². The largest absolute Gasteiger partial charge is 0.466 e. The van der Waals surface area contributed by atoms with E-state index in [4.69, 9.17) is 4.74 Å². The van der Waals surface area contributed by atoms with Gasteiger partial charge in [0.15, 0.2) is 0 Å². The van der Waals surface area contributed by atoms with Crippen LogP contribution in [0.5, 0.6) is 0 Å². The first-order valence-corrected chi connectivity index (χ1v) is 34.2. The van der Waals surface area contributed by atoms with E-state index >= 15 is 0 Å². The fourth-order valence-corrected chi connectivity index (χ4v) is 10.7. The van der Waals surface area contributed by atoms with Gasteiger partial charge >= 0.3 is 5.97 Å². The average Bonchev–Trinajstić information content (AvgIpc) is 3.42. The van der Waals surface area contributed by atoms with Crippen LogP contribution in [0.15, 0.2) is 36.5 Å². The van der Waals surface area contributed by atoms with Crippen molar-refractivity contribution in [3.8, 4) is 0 Å². The molecular formula is C70H133NO5. The summed E-state index contributed by atoms with van der Waals surface area (Å²) in [7, 11) is 0. The first kappa shape index (κ1) is 74.1. The molecule has 0 fully saturated rings. The molecule has 0 heterocycles. The lowest BCUT2D eigenvalue weighted by Gasteiger charge is -2.22. The molecule has 3 N–H and O–H groups in total. The predicted octanol–water partition coefficient (Wildman–Crippen LogP) is 21.9. The number of hydrogen-bond donors (Lipinski definition) is 3. The van der Waals surface area contributed by atoms with Gasteiger partial charge in [-0.15, -0.1) is 0 Å². The first-order valence-electron chi connectivity index (χ1n) is 34.2. The molecule has 2 atom stereocenters. The number of allylic oxidation sites excluding steroid dienone is 6. The Labute approximate surface area is 474 Å². The molecule has 0 radical (unpaired) electrons. The van der Waals surface area contributed by atoms with Crippen LogP contribution in [0.4, 0.5) is 0 Å². The Hall–Kier alpha value is -1.92. The maximum atomic E-state index is 12.5. The molecule has 2 unspecified atom stereocenters. The zero-order valence-corrected chi connectivity index (χ0v) is 51.3. The van der Waals surface area contributed by atoms with E-state index < -0.39 is 12.1 Å². The number of unbranched alkanes of at least 4 members (excludes halogenated alkanes) is 47. The molecule has 0 aliphatic rings. The molecule has 1 amide bonds. The second-order valence-electron chi connectivity index (χ2n) is 23.5. The van der Waals surface area contributed by atoms with Crippen molar-refractivity contribution in [1.82, 2.24) is 5.32 Å². The second kappa shape index (κ2) is 65.6. The number of amides is 1. The SMILES string of the molecule is CCCCCC/C=C\C/C=C\CCCCCCCC(=O)OCCCCCCCCCCCCCC/C=C\CCCCCCCCCCCC(=O)NC(CO)C(O)CCCCCCCCCCCCCCCCCCCC. The molecule has 0 aliphatic heterocycles. The molecule has 0 aromatic carbocycles. The van der Waals surface area contributed by atoms with E-state index in [0.717, 1.165) is 51.4 Å². The second-order valence-corrected chi connectivity index (χ2v) is 23.5. The van der Waals surface area contributed by atoms with E-state index in [9.17, 15) is 19.8 Å². The van der Waals surface area contributed by atoms with E-state index in [1.807, 2.05) is 0 Å². The summed E-state index contributed by atoms with van der Waals surface area (Å²) in [5.74, 6) is -0.0348. The maximum absolute atomic E-state index is 12.5. The zero-order chi connectivity index (χ0) is 55.0. The molecule has 0 aliphatic carbocycles. The third-order valence-corrected chi connectivity index (χ3v) is 15.9. The molecule has 0 spiro atoms. The van der Waals surface area contributed by atoms with Crippen LogP contribution in [0.1, 0.15) is 373 Å². The molecule has 6 nitrogen and oxygen atoms in total. The minimum atomic E-state index is -0.667. The van der Waals surface area contributed by atoms with Gasteiger partial charge in [0.05, 0.1) is 25.4 Å². The highest BCUT2D eigenvalue weighted by molar-refractivity contribution is 5.76. The average molecular weight is 1070 g/mol. The lowest BCUT2D eigenvalue weighted by molar-refractivity contribution is -0.143. The fourth-order valence-electron chi connectivity index (χ4n) is 10.7. The van der Waals surface area contributed by atoms with Crippen LogP contribution in [0.2, 0.25) is 0 Å². The van der Waals surface area contributed by atoms with Crippen molar-refractivity contribution in [2.24, 2.45) is 0 Å². The smallest absolute Gasteiger partial charge is 0.305 e. The molecule has 0 saturated carbocycles. The van der Waals surface area contributed by atoms with Crippen LogP contribution < -0.4 is 5.32 Å². The van der Waals surface area contributed by atoms with Gasteiger partial charge in [-0.2, -0.15) is 0 Å². The van der Waals surface area contributed by atoms with Crippen LogP contribution in [0.3, 0.4) is 0 Å². The summed E-state index contributed by atoms with van der Waals surface area (Å²) in [6.45, 7) is 4.96. The minimum absolute atomic E-state index is 0.000407. The van der Waals surface area contributed by atoms with Gasteiger partial charge in [-0.3, -0.25) is 9.59 Å². The van der Waals surface area contributed by atoms with E-state index in [0.29, 0.717) is 25.9 Å². The Bertz CT molecular complexity index is 1230. The molecule has 0 rings (SSSR count). The number of carbonyl (C=O) groups excluding carboxylic acids is 2. The van der Waals surface area contributed by atoms with Crippen LogP contribution in [-0.2, 0) is 14.3 Å². The molecule has 0 aromatic heterocycles. The minimum Gasteiger partial charge on any atom is -0.466 e. The summed E-state index contributed by atoms with van der Waals surface area (Å²) < 4.78 is 5.49. The molecule has 0 saturated heterocycles. The van der Waals surface area contributed by atoms with Gasteiger partial charge < -0.3 is 20.3 Å². The van der Waals surface area contributed by atoms with Crippen LogP contribution >= 0.6 is 0 Å². The molecule has 6 heteroatoms. The van der Waals surface area contributed by atoms with Crippen molar-refractivity contribution in [1.29, 1.82) is 0 Å². The summed E-state index contributed by atoms with van der Waals surface area (Å²) in [6, 6.07) is -0.545. The van der Waals surface area contributed by atoms with Gasteiger partial charge in [0.1, 0.15) is 0 Å². The third-order valence-electron chi connectivity index (χ3n) is 15.9. The van der Waals surface area contributed by atoms with E-state index in [1.165, 1.54) is 289 Å². The molecule has 0 aromatic rings. The Morgan fingerprint density at radius 1 is 0.368 bits per heavy atom. The number of esters is 1. The highest BCUT2D eigenvalue weighted by Gasteiger charge is 2.20. The van der Waals surface area contributed by atoms with Crippen LogP contribution in [0, 0.1) is 0 Å². The third kappa shape index (κ3) is 61.3. The Morgan fingerprint density at radius 3 is 1.03 bits per heavy atom. The normalized spacial score (nSPS) is 12.7. The van der Waals surface area contributed by atoms with Gasteiger partial charge in [0.2, 0.25) is 5.91 Å². The number of ether oxygens (including phenoxy) is 1. The summed E-state index contributed by atoms with van der Waals surface area (Å²) in [6.07, 6.45) is 83.2. The van der Waals surface area contributed by atoms with Crippen molar-refractivity contribution < 1.29 is 24.5 Å². The number of carbonyl (C=O) groups is 2. The van der Waals surface area contributed by atoms with Crippen molar-refractivity contribution in [3.63, 3.8) is 0 Å². The zero-order valence-electron chi connectivity index (χ0n) is 51.3. The highest BCUT2D eigenvalue weighted by Crippen LogP contribution is 2.18. The lowest BCUT2D eigenvalue weighted by Crippen LogP contribution is -2.45. The summed E-state index contributed by atoms with van der Waals surface area (Å²) >= 11 is 0. The van der Waals surface area contributed by atoms with Gasteiger partial charge in [0.25, 0.3) is 0 Å². The standard InChI is InChI=1S/C70H133NO5/c1-3-5-7-9-11-13-15-17-19-21-31-34-38-42-46-50-54-58-62-68(73)67(66-72)71-69(74)63-59-55-51-47-43-39-35-32-29-27-25-23-22-24-26-28-30-33-37-41-45-49-53-57-61-65-76-70(75)64-60-56-52-48-44-40-36-20-18-16-14-12-10-8-6-4-2/h14,16,20,23,25,36,67-68,72-73H,3-13,15,17-19,21-22,24,26-35,37-66H2,1-2H3,(H,71,74)/b16-14-,25-23-,36-20-. The maximum Gasteiger partial charge on any atom is 0.305 e. The number of hydrogen-bond acceptors (Lipinski definition) is 5. The summed E-state index contributed by atoms with van der Waals surface area (Å²) in [5, 5.41) is 23.4. The fraction of sp³-hybridized carbons (Fsp3) is 0.886. The Balaban J connectivity index is 3.40. The van der Waals surface area contributed by atoms with Gasteiger partial charge in [-0.1, -0.05) is 314 Å². The predicted molar refractivity (Wildman–Crippen MR) is 333 cm³/mol. The first-order chi connectivity index (χ1) is 37.5. The Morgan fingerprint density at radius 2 is 0.658 bits per heavy atom. The van der Waals surface area contributed by atoms with E-state index in [2.05, 4.69) is 55.6 Å². The van der Waals surface area contributed by atoms with Gasteiger partial charge in [0, 0.05) is 12.8 Å². The molecule has 448 valence electrons. The van der Waals surface area contributed by atoms with Crippen molar-refractivity contribution in [2.45, 2.75) is 386 Å². The topological polar surface area (TPSA) is 95.9 Å². The van der Waals surface area contributed by atoms with Gasteiger partial charge in [-0.25, -0.2) is 0 Å². The van der Waals surface area contributed by atoms with Crippen molar-refractivity contribution in [3.05, 3.63) is 36.5 Å². The van der Waals surface area contributed by atoms with E-state index in [1.54, 1.807) is 0 Å². The van der Waals surface area contributed by atoms with Gasteiger partial charge in [-0.05, 0) is 83.5 Å². The van der Waals surface area contributed by atoms with Crippen LogP contribution in [0.25, 0.3) is 0 Å². The molecule has 76 heavy (non-hydrogen) atoms. The lowest BCUT2D eigenvalue weighted by atomic mass is 10.0.